The topological polar surface area (TPSA) is 203 Å². The Balaban J connectivity index is 1.35. The molecule has 1 aliphatic heterocycles. The highest BCUT2D eigenvalue weighted by Crippen LogP contribution is 2.24. The molecule has 0 saturated carbocycles. The Labute approximate surface area is 295 Å². The number of hydrogen-bond acceptors (Lipinski definition) is 9. The van der Waals surface area contributed by atoms with Gasteiger partial charge in [0.05, 0.1) is 27.8 Å². The van der Waals surface area contributed by atoms with E-state index >= 15 is 0 Å². The maximum atomic E-state index is 13.9. The maximum absolute atomic E-state index is 13.9. The van der Waals surface area contributed by atoms with E-state index in [9.17, 15) is 14.4 Å². The van der Waals surface area contributed by atoms with Crippen LogP contribution < -0.4 is 27.0 Å². The predicted octanol–water partition coefficient (Wildman–Crippen LogP) is 3.95. The molecule has 15 heteroatoms. The fraction of sp³-hybridized carbons (Fsp3) is 0.361. The summed E-state index contributed by atoms with van der Waals surface area (Å²) in [5.41, 5.74) is 11.2. The Kier molecular flexibility index (Phi) is 10.6. The minimum Gasteiger partial charge on any atom is -0.381 e. The standard InChI is InChI=1S/C36H44N12O3/c1-4-40-31-25(23(3)37)10-6-5-9-17-48-30(20-22(2)45-48)33(50)43-35-41-26-11-7-8-12-28(26)46(35)18-15-39-16-19-47-29-14-13-24(32(38)49)21-27(29)42-36(47)44-34(31)51/h7-8,11-14,20-21,37,39-40H,4-6,9-10,15-19H2,1-3H3,(H2,38,49)(H,41,43,50)(H,42,44,51)/b31-25-,37-23?. The molecule has 5 aromatic rings. The fourth-order valence-corrected chi connectivity index (χ4v) is 6.48. The minimum atomic E-state index is -0.569. The number of carbonyl (C=O) groups excluding carboxylic acids is 3. The number of fused-ring (bicyclic) bond motifs is 7. The van der Waals surface area contributed by atoms with Crippen molar-refractivity contribution in [3.63, 3.8) is 0 Å². The van der Waals surface area contributed by atoms with E-state index in [0.29, 0.717) is 91.3 Å². The van der Waals surface area contributed by atoms with Crippen LogP contribution in [0.15, 0.2) is 59.8 Å². The van der Waals surface area contributed by atoms with Gasteiger partial charge in [-0.25, -0.2) is 9.97 Å². The molecule has 6 rings (SSSR count). The van der Waals surface area contributed by atoms with Gasteiger partial charge in [0, 0.05) is 56.1 Å². The molecule has 266 valence electrons. The quantitative estimate of drug-likeness (QED) is 0.152. The number of anilines is 2. The molecule has 4 heterocycles. The van der Waals surface area contributed by atoms with Crippen LogP contribution in [0.4, 0.5) is 11.9 Å². The first kappa shape index (κ1) is 35.0. The van der Waals surface area contributed by atoms with Crippen molar-refractivity contribution in [2.75, 3.05) is 30.3 Å². The van der Waals surface area contributed by atoms with Gasteiger partial charge in [-0.1, -0.05) is 18.6 Å². The van der Waals surface area contributed by atoms with Crippen molar-refractivity contribution in [2.24, 2.45) is 5.73 Å². The van der Waals surface area contributed by atoms with E-state index in [2.05, 4.69) is 26.4 Å². The summed E-state index contributed by atoms with van der Waals surface area (Å²) in [6, 6.07) is 14.6. The number of allylic oxidation sites excluding steroid dienone is 1. The summed E-state index contributed by atoms with van der Waals surface area (Å²) < 4.78 is 5.61. The molecule has 0 radical (unpaired) electrons. The fourth-order valence-electron chi connectivity index (χ4n) is 6.48. The molecular formula is C36H44N12O3. The predicted molar refractivity (Wildman–Crippen MR) is 197 cm³/mol. The Hall–Kier alpha value is -5.83. The van der Waals surface area contributed by atoms with E-state index in [1.54, 1.807) is 35.9 Å². The van der Waals surface area contributed by atoms with Crippen LogP contribution in [0.25, 0.3) is 22.1 Å². The summed E-state index contributed by atoms with van der Waals surface area (Å²) in [4.78, 5) is 49.0. The molecule has 1 aliphatic rings. The highest BCUT2D eigenvalue weighted by atomic mass is 16.2. The number of nitrogens with two attached hydrogens (primary N) is 1. The summed E-state index contributed by atoms with van der Waals surface area (Å²) >= 11 is 0. The van der Waals surface area contributed by atoms with Crippen LogP contribution in [-0.4, -0.2) is 72.0 Å². The van der Waals surface area contributed by atoms with Gasteiger partial charge in [-0.05, 0) is 76.4 Å². The number of nitrogens with one attached hydrogen (secondary N) is 5. The lowest BCUT2D eigenvalue weighted by Gasteiger charge is -2.17. The molecule has 7 N–H and O–H groups in total. The number of imidazole rings is 2. The zero-order valence-electron chi connectivity index (χ0n) is 29.2. The van der Waals surface area contributed by atoms with Crippen LogP contribution >= 0.6 is 0 Å². The Morgan fingerprint density at radius 3 is 2.29 bits per heavy atom. The second-order valence-corrected chi connectivity index (χ2v) is 12.6. The van der Waals surface area contributed by atoms with E-state index in [1.807, 2.05) is 47.2 Å². The Morgan fingerprint density at radius 1 is 0.902 bits per heavy atom. The molecule has 0 saturated heterocycles. The largest absolute Gasteiger partial charge is 0.381 e. The van der Waals surface area contributed by atoms with Crippen LogP contribution in [0, 0.1) is 12.3 Å². The smallest absolute Gasteiger partial charge is 0.276 e. The molecule has 0 atom stereocenters. The molecule has 0 aliphatic carbocycles. The van der Waals surface area contributed by atoms with Crippen LogP contribution in [-0.2, 0) is 24.4 Å². The SMILES string of the molecule is CCN/C1=C(\C(C)=N)CCCCCn2nc(C)cc2C(=O)Nc2nc3ccccc3n2CCNCCn2c(nc3cc(C(N)=O)ccc32)NC1=O. The molecule has 3 amide bonds. The number of benzene rings is 2. The van der Waals surface area contributed by atoms with Gasteiger partial charge in [0.2, 0.25) is 17.8 Å². The van der Waals surface area contributed by atoms with Crippen molar-refractivity contribution in [3.8, 4) is 0 Å². The molecule has 51 heavy (non-hydrogen) atoms. The summed E-state index contributed by atoms with van der Waals surface area (Å²) in [5, 5.41) is 25.8. The minimum absolute atomic E-state index is 0.285. The number of primary amides is 1. The molecule has 0 spiro atoms. The van der Waals surface area contributed by atoms with Gasteiger partial charge >= 0.3 is 0 Å². The number of amides is 3. The summed E-state index contributed by atoms with van der Waals surface area (Å²) in [7, 11) is 0. The number of para-hydroxylation sites is 2. The second-order valence-electron chi connectivity index (χ2n) is 12.6. The van der Waals surface area contributed by atoms with Gasteiger partial charge in [-0.2, -0.15) is 5.10 Å². The van der Waals surface area contributed by atoms with E-state index < -0.39 is 11.8 Å². The van der Waals surface area contributed by atoms with Crippen molar-refractivity contribution in [1.29, 1.82) is 5.41 Å². The number of nitrogens with zero attached hydrogens (tertiary/aromatic N) is 6. The Bertz CT molecular complexity index is 2150. The van der Waals surface area contributed by atoms with Gasteiger partial charge in [0.25, 0.3) is 11.8 Å². The van der Waals surface area contributed by atoms with Crippen molar-refractivity contribution in [1.82, 2.24) is 39.5 Å². The number of likely N-dealkylation sites (N-methyl/N-ethyl adjacent to an activating group) is 1. The number of carbonyl (C=O) groups is 3. The molecule has 0 fully saturated rings. The number of hydrogen-bond donors (Lipinski definition) is 6. The summed E-state index contributed by atoms with van der Waals surface area (Å²) in [5.74, 6) is -0.493. The number of aryl methyl sites for hydroxylation is 2. The van der Waals surface area contributed by atoms with Crippen LogP contribution in [0.3, 0.4) is 0 Å². The highest BCUT2D eigenvalue weighted by molar-refractivity contribution is 6.10. The average Bonchev–Trinajstić information content (AvgIpc) is 3.76. The van der Waals surface area contributed by atoms with Crippen molar-refractivity contribution >= 4 is 57.4 Å². The average molecular weight is 693 g/mol. The van der Waals surface area contributed by atoms with E-state index in [-0.39, 0.29) is 5.91 Å². The normalized spacial score (nSPS) is 17.0. The van der Waals surface area contributed by atoms with Crippen molar-refractivity contribution in [2.45, 2.75) is 66.1 Å². The molecule has 2 aromatic carbocycles. The molecule has 3 aromatic heterocycles. The first-order chi connectivity index (χ1) is 24.6. The lowest BCUT2D eigenvalue weighted by Crippen LogP contribution is -2.30. The lowest BCUT2D eigenvalue weighted by molar-refractivity contribution is -0.113. The zero-order chi connectivity index (χ0) is 36.1. The van der Waals surface area contributed by atoms with Crippen LogP contribution in [0.1, 0.15) is 66.1 Å². The molecular weight excluding hydrogens is 648 g/mol. The molecule has 15 nitrogen and oxygen atoms in total. The third kappa shape index (κ3) is 7.67. The third-order valence-electron chi connectivity index (χ3n) is 8.93. The zero-order valence-corrected chi connectivity index (χ0v) is 29.2. The molecule has 0 bridgehead atoms. The van der Waals surface area contributed by atoms with Crippen LogP contribution in [0.2, 0.25) is 0 Å². The number of aromatic nitrogens is 6. The van der Waals surface area contributed by atoms with Gasteiger partial charge in [0.1, 0.15) is 11.4 Å². The summed E-state index contributed by atoms with van der Waals surface area (Å²) in [6.45, 7) is 8.50. The van der Waals surface area contributed by atoms with E-state index in [1.165, 1.54) is 0 Å². The first-order valence-corrected chi connectivity index (χ1v) is 17.3. The van der Waals surface area contributed by atoms with Gasteiger partial charge in [0.15, 0.2) is 0 Å². The first-order valence-electron chi connectivity index (χ1n) is 17.3. The lowest BCUT2D eigenvalue weighted by atomic mass is 10.0. The third-order valence-corrected chi connectivity index (χ3v) is 8.93. The highest BCUT2D eigenvalue weighted by Gasteiger charge is 2.22. The second kappa shape index (κ2) is 15.4. The molecule has 0 unspecified atom stereocenters. The Morgan fingerprint density at radius 2 is 1.59 bits per heavy atom. The van der Waals surface area contributed by atoms with Crippen molar-refractivity contribution in [3.05, 3.63) is 76.8 Å². The van der Waals surface area contributed by atoms with Crippen molar-refractivity contribution < 1.29 is 14.4 Å². The van der Waals surface area contributed by atoms with Gasteiger partial charge < -0.3 is 30.9 Å². The maximum Gasteiger partial charge on any atom is 0.276 e. The van der Waals surface area contributed by atoms with E-state index in [4.69, 9.17) is 21.1 Å². The number of rotatable bonds is 4. The van der Waals surface area contributed by atoms with E-state index in [0.717, 1.165) is 41.5 Å². The van der Waals surface area contributed by atoms with Gasteiger partial charge in [-0.15, -0.1) is 0 Å². The van der Waals surface area contributed by atoms with Crippen LogP contribution in [0.5, 0.6) is 0 Å². The van der Waals surface area contributed by atoms with Gasteiger partial charge in [-0.3, -0.25) is 29.7 Å². The summed E-state index contributed by atoms with van der Waals surface area (Å²) in [6.07, 6.45) is 2.77. The monoisotopic (exact) mass is 692 g/mol.